The van der Waals surface area contributed by atoms with Gasteiger partial charge in [-0.2, -0.15) is 5.26 Å². The van der Waals surface area contributed by atoms with Crippen molar-refractivity contribution in [1.29, 1.82) is 5.26 Å². The summed E-state index contributed by atoms with van der Waals surface area (Å²) in [4.78, 5) is 14.8. The van der Waals surface area contributed by atoms with Crippen LogP contribution in [-0.2, 0) is 0 Å². The van der Waals surface area contributed by atoms with Crippen LogP contribution >= 0.6 is 0 Å². The molecule has 0 radical (unpaired) electrons. The molecule has 1 aromatic heterocycles. The number of rotatable bonds is 1. The van der Waals surface area contributed by atoms with Gasteiger partial charge in [-0.25, -0.2) is 5.84 Å². The lowest BCUT2D eigenvalue weighted by molar-refractivity contribution is 0.0953. The van der Waals surface area contributed by atoms with Crippen LogP contribution < -0.4 is 11.3 Å². The second-order valence-corrected chi connectivity index (χ2v) is 2.30. The molecular weight excluding hydrogens is 180 g/mol. The van der Waals surface area contributed by atoms with Gasteiger partial charge in [-0.15, -0.1) is 0 Å². The summed E-state index contributed by atoms with van der Waals surface area (Å²) < 4.78 is 0. The van der Waals surface area contributed by atoms with Crippen LogP contribution in [0.3, 0.4) is 0 Å². The Hall–Kier alpha value is -2.37. The number of hydrazine groups is 1. The van der Waals surface area contributed by atoms with Gasteiger partial charge in [0.25, 0.3) is 5.91 Å². The van der Waals surface area contributed by atoms with E-state index in [1.165, 1.54) is 18.5 Å². The Bertz CT molecular complexity index is 450. The fourth-order valence-corrected chi connectivity index (χ4v) is 0.816. The van der Waals surface area contributed by atoms with Gasteiger partial charge in [-0.3, -0.25) is 15.2 Å². The van der Waals surface area contributed by atoms with Crippen molar-refractivity contribution in [2.45, 2.75) is 0 Å². The Balaban J connectivity index is 3.02. The summed E-state index contributed by atoms with van der Waals surface area (Å²) in [6.07, 6.45) is 2.82. The molecule has 0 aromatic carbocycles. The molecular formula is C9H6N4O. The number of nitriles is 1. The molecule has 68 valence electrons. The van der Waals surface area contributed by atoms with Gasteiger partial charge in [0.1, 0.15) is 0 Å². The summed E-state index contributed by atoms with van der Waals surface area (Å²) in [6, 6.07) is 3.16. The van der Waals surface area contributed by atoms with Gasteiger partial charge >= 0.3 is 0 Å². The highest BCUT2D eigenvalue weighted by molar-refractivity contribution is 5.93. The van der Waals surface area contributed by atoms with E-state index in [4.69, 9.17) is 11.1 Å². The topological polar surface area (TPSA) is 91.8 Å². The van der Waals surface area contributed by atoms with Crippen LogP contribution in [0.5, 0.6) is 0 Å². The first kappa shape index (κ1) is 9.72. The quantitative estimate of drug-likeness (QED) is 0.269. The zero-order chi connectivity index (χ0) is 10.4. The largest absolute Gasteiger partial charge is 0.290 e. The van der Waals surface area contributed by atoms with Crippen molar-refractivity contribution in [3.8, 4) is 17.9 Å². The number of carbonyl (C=O) groups excluding carboxylic acids is 1. The molecule has 1 amide bonds. The molecule has 0 saturated heterocycles. The first-order chi connectivity index (χ1) is 6.77. The van der Waals surface area contributed by atoms with Gasteiger partial charge in [0, 0.05) is 23.9 Å². The number of nitrogens with one attached hydrogen (secondary N) is 1. The average Bonchev–Trinajstić information content (AvgIpc) is 2.25. The van der Waals surface area contributed by atoms with Crippen LogP contribution in [0.25, 0.3) is 0 Å². The minimum atomic E-state index is -0.446. The lowest BCUT2D eigenvalue weighted by Crippen LogP contribution is -2.30. The number of carbonyl (C=O) groups is 1. The summed E-state index contributed by atoms with van der Waals surface area (Å²) >= 11 is 0. The van der Waals surface area contributed by atoms with E-state index in [1.54, 1.807) is 6.07 Å². The predicted molar refractivity (Wildman–Crippen MR) is 48.4 cm³/mol. The number of aromatic nitrogens is 1. The SMILES string of the molecule is N#CC#Cc1cncc(C(=O)NN)c1. The van der Waals surface area contributed by atoms with Crippen molar-refractivity contribution < 1.29 is 4.79 Å². The summed E-state index contributed by atoms with van der Waals surface area (Å²) in [5, 5.41) is 8.21. The van der Waals surface area contributed by atoms with Crippen molar-refractivity contribution in [3.05, 3.63) is 29.6 Å². The van der Waals surface area contributed by atoms with Crippen LogP contribution in [0.4, 0.5) is 0 Å². The molecule has 1 heterocycles. The van der Waals surface area contributed by atoms with Gasteiger partial charge in [-0.1, -0.05) is 0 Å². The number of hydrogen-bond acceptors (Lipinski definition) is 4. The van der Waals surface area contributed by atoms with Crippen molar-refractivity contribution in [2.75, 3.05) is 0 Å². The molecule has 14 heavy (non-hydrogen) atoms. The molecule has 0 spiro atoms. The third-order valence-corrected chi connectivity index (χ3v) is 1.39. The van der Waals surface area contributed by atoms with Crippen LogP contribution in [0.2, 0.25) is 0 Å². The van der Waals surface area contributed by atoms with Gasteiger partial charge in [0.05, 0.1) is 5.56 Å². The maximum atomic E-state index is 11.1. The third-order valence-electron chi connectivity index (χ3n) is 1.39. The molecule has 0 bridgehead atoms. The molecule has 0 aliphatic rings. The van der Waals surface area contributed by atoms with Crippen LogP contribution in [0, 0.1) is 23.2 Å². The molecule has 0 aliphatic carbocycles. The molecule has 5 heteroatoms. The van der Waals surface area contributed by atoms with Crippen LogP contribution in [0.1, 0.15) is 15.9 Å². The number of nitrogens with zero attached hydrogens (tertiary/aromatic N) is 2. The number of nitrogens with two attached hydrogens (primary N) is 1. The second-order valence-electron chi connectivity index (χ2n) is 2.30. The lowest BCUT2D eigenvalue weighted by Gasteiger charge is -1.97. The van der Waals surface area contributed by atoms with E-state index in [-0.39, 0.29) is 0 Å². The summed E-state index contributed by atoms with van der Waals surface area (Å²) in [6.45, 7) is 0. The molecule has 0 aliphatic heterocycles. The Morgan fingerprint density at radius 3 is 3.00 bits per heavy atom. The molecule has 3 N–H and O–H groups in total. The van der Waals surface area contributed by atoms with Gasteiger partial charge in [0.15, 0.2) is 6.07 Å². The van der Waals surface area contributed by atoms with Crippen LogP contribution in [0.15, 0.2) is 18.5 Å². The van der Waals surface area contributed by atoms with E-state index in [0.717, 1.165) is 0 Å². The Kier molecular flexibility index (Phi) is 3.20. The fraction of sp³-hybridized carbons (Fsp3) is 0. The van der Waals surface area contributed by atoms with Crippen molar-refractivity contribution in [3.63, 3.8) is 0 Å². The lowest BCUT2D eigenvalue weighted by atomic mass is 10.2. The highest BCUT2D eigenvalue weighted by Crippen LogP contribution is 2.00. The van der Waals surface area contributed by atoms with E-state index in [2.05, 4.69) is 16.8 Å². The number of nitrogen functional groups attached to an aromatic ring is 1. The average molecular weight is 186 g/mol. The molecule has 0 unspecified atom stereocenters. The molecule has 5 nitrogen and oxygen atoms in total. The minimum Gasteiger partial charge on any atom is -0.290 e. The molecule has 0 saturated carbocycles. The smallest absolute Gasteiger partial charge is 0.266 e. The van der Waals surface area contributed by atoms with Crippen molar-refractivity contribution >= 4 is 5.91 Å². The maximum Gasteiger partial charge on any atom is 0.266 e. The molecule has 0 atom stereocenters. The van der Waals surface area contributed by atoms with Crippen molar-refractivity contribution in [1.82, 2.24) is 10.4 Å². The standard InChI is InChI=1S/C9H6N4O/c10-3-1-2-7-4-8(6-12-5-7)9(14)13-11/h4-6H,11H2,(H,13,14). The van der Waals surface area contributed by atoms with E-state index >= 15 is 0 Å². The van der Waals surface area contributed by atoms with Crippen LogP contribution in [-0.4, -0.2) is 10.9 Å². The molecule has 1 rings (SSSR count). The van der Waals surface area contributed by atoms with E-state index in [9.17, 15) is 4.79 Å². The highest BCUT2D eigenvalue weighted by atomic mass is 16.2. The van der Waals surface area contributed by atoms with E-state index < -0.39 is 5.91 Å². The Morgan fingerprint density at radius 1 is 1.57 bits per heavy atom. The highest BCUT2D eigenvalue weighted by Gasteiger charge is 2.03. The van der Waals surface area contributed by atoms with Gasteiger partial charge in [-0.05, 0) is 12.0 Å². The normalized spacial score (nSPS) is 8.00. The number of hydrogen-bond donors (Lipinski definition) is 2. The first-order valence-corrected chi connectivity index (χ1v) is 3.64. The first-order valence-electron chi connectivity index (χ1n) is 3.64. The summed E-state index contributed by atoms with van der Waals surface area (Å²) in [5.74, 6) is 9.21. The number of amides is 1. The van der Waals surface area contributed by atoms with Crippen molar-refractivity contribution in [2.24, 2.45) is 5.84 Å². The monoisotopic (exact) mass is 186 g/mol. The van der Waals surface area contributed by atoms with E-state index in [0.29, 0.717) is 11.1 Å². The Labute approximate surface area is 80.5 Å². The Morgan fingerprint density at radius 2 is 2.36 bits per heavy atom. The summed E-state index contributed by atoms with van der Waals surface area (Å²) in [7, 11) is 0. The van der Waals surface area contributed by atoms with E-state index in [1.807, 2.05) is 5.43 Å². The summed E-state index contributed by atoms with van der Waals surface area (Å²) in [5.41, 5.74) is 2.77. The van der Waals surface area contributed by atoms with Gasteiger partial charge in [0.2, 0.25) is 0 Å². The third kappa shape index (κ3) is 2.31. The second kappa shape index (κ2) is 4.61. The zero-order valence-corrected chi connectivity index (χ0v) is 7.11. The molecule has 0 fully saturated rings. The zero-order valence-electron chi connectivity index (χ0n) is 7.11. The predicted octanol–water partition coefficient (Wildman–Crippen LogP) is -0.440. The maximum absolute atomic E-state index is 11.1. The fourth-order valence-electron chi connectivity index (χ4n) is 0.816. The minimum absolute atomic E-state index is 0.303. The van der Waals surface area contributed by atoms with Gasteiger partial charge < -0.3 is 0 Å². The molecule has 1 aromatic rings. The number of pyridine rings is 1.